The van der Waals surface area contributed by atoms with Crippen LogP contribution in [0.4, 0.5) is 0 Å². The molecule has 3 fully saturated rings. The molecule has 0 bridgehead atoms. The minimum atomic E-state index is -1.83. The predicted octanol–water partition coefficient (Wildman–Crippen LogP) is 12.7. The van der Waals surface area contributed by atoms with E-state index in [1.807, 2.05) is 0 Å². The molecule has 0 aromatic carbocycles. The van der Waals surface area contributed by atoms with Crippen molar-refractivity contribution in [1.82, 2.24) is 0 Å². The van der Waals surface area contributed by atoms with Gasteiger partial charge < -0.3 is 4.43 Å². The third-order valence-corrected chi connectivity index (χ3v) is 20.0. The second kappa shape index (κ2) is 13.3. The summed E-state index contributed by atoms with van der Waals surface area (Å²) < 4.78 is 7.38. The maximum absolute atomic E-state index is 7.38. The number of allylic oxidation sites excluding steroid dienone is 3. The van der Waals surface area contributed by atoms with E-state index in [2.05, 4.69) is 88.3 Å². The van der Waals surface area contributed by atoms with Crippen LogP contribution in [0.2, 0.25) is 16.6 Å². The summed E-state index contributed by atoms with van der Waals surface area (Å²) in [6.07, 6.45) is 23.5. The van der Waals surface area contributed by atoms with Crippen LogP contribution < -0.4 is 0 Å². The lowest BCUT2D eigenvalue weighted by molar-refractivity contribution is -0.0565. The first-order valence-corrected chi connectivity index (χ1v) is 20.5. The maximum atomic E-state index is 7.38. The van der Waals surface area contributed by atoms with Gasteiger partial charge in [-0.1, -0.05) is 106 Å². The molecule has 236 valence electrons. The highest BCUT2D eigenvalue weighted by Gasteiger charge is 2.59. The van der Waals surface area contributed by atoms with E-state index in [0.717, 1.165) is 29.6 Å². The fourth-order valence-electron chi connectivity index (χ4n) is 12.0. The third-order valence-electron chi connectivity index (χ3n) is 13.9. The van der Waals surface area contributed by atoms with Crippen molar-refractivity contribution < 1.29 is 4.43 Å². The Morgan fingerprint density at radius 2 is 1.59 bits per heavy atom. The second-order valence-corrected chi connectivity index (χ2v) is 22.2. The lowest BCUT2D eigenvalue weighted by atomic mass is 9.47. The first kappa shape index (κ1) is 33.5. The molecule has 0 aliphatic heterocycles. The van der Waals surface area contributed by atoms with E-state index in [1.54, 1.807) is 11.1 Å². The quantitative estimate of drug-likeness (QED) is 0.164. The summed E-state index contributed by atoms with van der Waals surface area (Å²) in [5, 5.41) is 0. The third kappa shape index (κ3) is 6.15. The number of hydrogen-bond donors (Lipinski definition) is 0. The highest BCUT2D eigenvalue weighted by Crippen LogP contribution is 2.67. The van der Waals surface area contributed by atoms with Crippen molar-refractivity contribution in [3.05, 3.63) is 23.3 Å². The van der Waals surface area contributed by atoms with Gasteiger partial charge in [-0.2, -0.15) is 0 Å². The van der Waals surface area contributed by atoms with Crippen LogP contribution in [0.1, 0.15) is 160 Å². The van der Waals surface area contributed by atoms with Crippen LogP contribution in [0.5, 0.6) is 0 Å². The van der Waals surface area contributed by atoms with Gasteiger partial charge in [0.25, 0.3) is 0 Å². The summed E-state index contributed by atoms with van der Waals surface area (Å²) in [5.41, 5.74) is 6.55. The molecule has 0 aromatic heterocycles. The van der Waals surface area contributed by atoms with Gasteiger partial charge in [-0.15, -0.1) is 0 Å². The minimum absolute atomic E-state index is 0.422. The second-order valence-electron chi connectivity index (χ2n) is 16.8. The van der Waals surface area contributed by atoms with Crippen molar-refractivity contribution >= 4 is 8.32 Å². The summed E-state index contributed by atoms with van der Waals surface area (Å²) in [7, 11) is -1.83. The average molecular weight is 583 g/mol. The van der Waals surface area contributed by atoms with Gasteiger partial charge in [-0.05, 0) is 134 Å². The van der Waals surface area contributed by atoms with E-state index in [9.17, 15) is 0 Å². The van der Waals surface area contributed by atoms with E-state index in [-0.39, 0.29) is 0 Å². The van der Waals surface area contributed by atoms with Gasteiger partial charge in [-0.25, -0.2) is 0 Å². The van der Waals surface area contributed by atoms with Gasteiger partial charge in [0.1, 0.15) is 0 Å². The van der Waals surface area contributed by atoms with E-state index < -0.39 is 8.32 Å². The summed E-state index contributed by atoms with van der Waals surface area (Å²) in [6.45, 7) is 27.4. The summed E-state index contributed by atoms with van der Waals surface area (Å²) in [6, 6.07) is 0. The first-order chi connectivity index (χ1) is 19.3. The fourth-order valence-corrected chi connectivity index (χ4v) is 17.5. The van der Waals surface area contributed by atoms with Crippen LogP contribution in [0.3, 0.4) is 0 Å². The monoisotopic (exact) mass is 583 g/mol. The van der Waals surface area contributed by atoms with E-state index in [1.165, 1.54) is 83.5 Å². The van der Waals surface area contributed by atoms with Gasteiger partial charge >= 0.3 is 0 Å². The largest absolute Gasteiger partial charge is 0.413 e. The van der Waals surface area contributed by atoms with Crippen molar-refractivity contribution in [3.63, 3.8) is 0 Å². The maximum Gasteiger partial charge on any atom is 0.200 e. The lowest BCUT2D eigenvalue weighted by Crippen LogP contribution is -2.53. The molecule has 0 unspecified atom stereocenters. The highest BCUT2D eigenvalue weighted by molar-refractivity contribution is 6.77. The van der Waals surface area contributed by atoms with E-state index in [0.29, 0.717) is 33.6 Å². The molecule has 4 rings (SSSR count). The molecule has 4 aliphatic carbocycles. The zero-order valence-electron chi connectivity index (χ0n) is 29.5. The minimum Gasteiger partial charge on any atom is -0.413 e. The van der Waals surface area contributed by atoms with Crippen molar-refractivity contribution in [2.24, 2.45) is 40.4 Å². The molecule has 0 heterocycles. The highest BCUT2D eigenvalue weighted by atomic mass is 28.4. The Morgan fingerprint density at radius 3 is 2.20 bits per heavy atom. The Balaban J connectivity index is 1.46. The summed E-state index contributed by atoms with van der Waals surface area (Å²) in [4.78, 5) is 0. The Hall–Kier alpha value is -0.343. The zero-order chi connectivity index (χ0) is 30.2. The SMILES string of the molecule is CC/C=C(\CCC)CC[C@@H](C)[C@H]1CC[C@H]2[C@@H]3CC=C4C[C@@H](O[Si](C(C)C)(C(C)C)C(C)C)CC[C@]4(C)[C@H]3CC[C@]12C. The van der Waals surface area contributed by atoms with E-state index in [4.69, 9.17) is 4.43 Å². The predicted molar refractivity (Wildman–Crippen MR) is 183 cm³/mol. The number of fused-ring (bicyclic) bond motifs is 5. The molecule has 4 aliphatic rings. The molecule has 8 atom stereocenters. The van der Waals surface area contributed by atoms with Crippen molar-refractivity contribution in [2.75, 3.05) is 0 Å². The smallest absolute Gasteiger partial charge is 0.200 e. The fraction of sp³-hybridized carbons (Fsp3) is 0.897. The first-order valence-electron chi connectivity index (χ1n) is 18.4. The molecule has 0 amide bonds. The number of rotatable bonds is 12. The van der Waals surface area contributed by atoms with Crippen molar-refractivity contribution in [2.45, 2.75) is 182 Å². The number of hydrogen-bond acceptors (Lipinski definition) is 1. The Kier molecular flexibility index (Phi) is 10.9. The normalized spacial score (nSPS) is 36.8. The Bertz CT molecular complexity index is 906. The van der Waals surface area contributed by atoms with Crippen LogP contribution in [-0.2, 0) is 4.43 Å². The van der Waals surface area contributed by atoms with Crippen LogP contribution in [0.25, 0.3) is 0 Å². The molecular weight excluding hydrogens is 513 g/mol. The van der Waals surface area contributed by atoms with Crippen LogP contribution >= 0.6 is 0 Å². The van der Waals surface area contributed by atoms with Gasteiger partial charge in [0.15, 0.2) is 0 Å². The molecule has 2 heteroatoms. The molecule has 1 nitrogen and oxygen atoms in total. The van der Waals surface area contributed by atoms with Gasteiger partial charge in [-0.3, -0.25) is 0 Å². The molecule has 3 saturated carbocycles. The summed E-state index contributed by atoms with van der Waals surface area (Å²) in [5.74, 6) is 4.57. The molecule has 0 N–H and O–H groups in total. The molecule has 0 radical (unpaired) electrons. The standard InChI is InChI=1S/C39H70OSi/c1-12-14-31(15-13-2)17-16-30(9)35-20-21-36-34-19-18-32-26-33(40-41(27(3)4,28(5)6)29(7)8)22-24-38(32,10)37(34)23-25-39(35,36)11/h14,18,27-30,33-37H,12-13,15-17,19-26H2,1-11H3/b31-14+/t30-,33+,34+,35-,36+,37+,38+,39-/m1/s1. The van der Waals surface area contributed by atoms with Crippen LogP contribution in [0, 0.1) is 40.4 Å². The lowest BCUT2D eigenvalue weighted by Gasteiger charge is -2.59. The van der Waals surface area contributed by atoms with Crippen LogP contribution in [-0.4, -0.2) is 14.4 Å². The zero-order valence-corrected chi connectivity index (χ0v) is 30.5. The molecular formula is C39H70OSi. The van der Waals surface area contributed by atoms with Crippen LogP contribution in [0.15, 0.2) is 23.3 Å². The topological polar surface area (TPSA) is 9.23 Å². The van der Waals surface area contributed by atoms with E-state index >= 15 is 0 Å². The molecule has 0 saturated heterocycles. The Morgan fingerprint density at radius 1 is 0.902 bits per heavy atom. The molecule has 0 aromatic rings. The van der Waals surface area contributed by atoms with Gasteiger partial charge in [0.05, 0.1) is 0 Å². The summed E-state index contributed by atoms with van der Waals surface area (Å²) >= 11 is 0. The Labute approximate surface area is 258 Å². The van der Waals surface area contributed by atoms with Gasteiger partial charge in [0.2, 0.25) is 8.32 Å². The molecule has 0 spiro atoms. The average Bonchev–Trinajstić information content (AvgIpc) is 3.27. The van der Waals surface area contributed by atoms with Gasteiger partial charge in [0, 0.05) is 6.10 Å². The van der Waals surface area contributed by atoms with Crippen molar-refractivity contribution in [3.8, 4) is 0 Å². The molecule has 41 heavy (non-hydrogen) atoms. The van der Waals surface area contributed by atoms with Crippen molar-refractivity contribution in [1.29, 1.82) is 0 Å².